The molecule has 7 heteroatoms. The van der Waals surface area contributed by atoms with Crippen LogP contribution in [0.5, 0.6) is 0 Å². The summed E-state index contributed by atoms with van der Waals surface area (Å²) in [6, 6.07) is 0. The molecule has 0 N–H and O–H groups in total. The topological polar surface area (TPSA) is 65.2 Å². The molecule has 3 heterocycles. The molecule has 1 aliphatic heterocycles. The number of hydrogen-bond acceptors (Lipinski definition) is 4. The molecule has 0 bridgehead atoms. The van der Waals surface area contributed by atoms with Gasteiger partial charge in [-0.2, -0.15) is 5.10 Å². The van der Waals surface area contributed by atoms with E-state index in [-0.39, 0.29) is 5.91 Å². The Hall–Kier alpha value is -2.15. The summed E-state index contributed by atoms with van der Waals surface area (Å²) in [6.45, 7) is 9.60. The standard InChI is InChI=1S/C20H31N5O2/c1-5-18-15(2)22-25(16(18)3)14-19(26)23-9-6-17(7-10-23)20-21-8-11-24(20)12-13-27-4/h8,11,17H,5-7,9-10,12-14H2,1-4H3. The Kier molecular flexibility index (Phi) is 6.31. The van der Waals surface area contributed by atoms with Gasteiger partial charge in [0.25, 0.3) is 0 Å². The Bertz CT molecular complexity index is 771. The Morgan fingerprint density at radius 2 is 2.04 bits per heavy atom. The highest BCUT2D eigenvalue weighted by molar-refractivity contribution is 5.76. The van der Waals surface area contributed by atoms with Gasteiger partial charge < -0.3 is 14.2 Å². The Balaban J connectivity index is 1.58. The highest BCUT2D eigenvalue weighted by atomic mass is 16.5. The molecule has 0 aromatic carbocycles. The van der Waals surface area contributed by atoms with Crippen molar-refractivity contribution in [3.05, 3.63) is 35.2 Å². The second-order valence-corrected chi connectivity index (χ2v) is 7.29. The Labute approximate surface area is 161 Å². The summed E-state index contributed by atoms with van der Waals surface area (Å²) in [5, 5.41) is 4.56. The number of imidazole rings is 1. The van der Waals surface area contributed by atoms with Crippen LogP contribution in [0.25, 0.3) is 0 Å². The van der Waals surface area contributed by atoms with Crippen LogP contribution in [0.4, 0.5) is 0 Å². The van der Waals surface area contributed by atoms with Crippen LogP contribution >= 0.6 is 0 Å². The van der Waals surface area contributed by atoms with Crippen LogP contribution < -0.4 is 0 Å². The summed E-state index contributed by atoms with van der Waals surface area (Å²) >= 11 is 0. The van der Waals surface area contributed by atoms with Crippen molar-refractivity contribution in [2.45, 2.75) is 59.0 Å². The van der Waals surface area contributed by atoms with Crippen molar-refractivity contribution in [1.29, 1.82) is 0 Å². The largest absolute Gasteiger partial charge is 0.383 e. The Morgan fingerprint density at radius 1 is 1.30 bits per heavy atom. The molecule has 27 heavy (non-hydrogen) atoms. The lowest BCUT2D eigenvalue weighted by atomic mass is 9.96. The van der Waals surface area contributed by atoms with Gasteiger partial charge in [0.15, 0.2) is 0 Å². The van der Waals surface area contributed by atoms with E-state index in [2.05, 4.69) is 28.5 Å². The molecule has 0 radical (unpaired) electrons. The quantitative estimate of drug-likeness (QED) is 0.747. The first-order chi connectivity index (χ1) is 13.0. The number of amides is 1. The second kappa shape index (κ2) is 8.69. The van der Waals surface area contributed by atoms with Gasteiger partial charge in [0.05, 0.1) is 12.3 Å². The molecule has 1 fully saturated rings. The van der Waals surface area contributed by atoms with Gasteiger partial charge >= 0.3 is 0 Å². The van der Waals surface area contributed by atoms with Crippen molar-refractivity contribution in [1.82, 2.24) is 24.2 Å². The number of likely N-dealkylation sites (tertiary alicyclic amines) is 1. The fourth-order valence-corrected chi connectivity index (χ4v) is 4.07. The third-order valence-corrected chi connectivity index (χ3v) is 5.67. The molecular weight excluding hydrogens is 342 g/mol. The van der Waals surface area contributed by atoms with E-state index >= 15 is 0 Å². The molecule has 1 saturated heterocycles. The molecule has 2 aromatic rings. The van der Waals surface area contributed by atoms with E-state index in [0.717, 1.165) is 56.1 Å². The summed E-state index contributed by atoms with van der Waals surface area (Å²) in [4.78, 5) is 19.3. The normalized spacial score (nSPS) is 15.5. The zero-order chi connectivity index (χ0) is 19.4. The highest BCUT2D eigenvalue weighted by Crippen LogP contribution is 2.27. The molecule has 148 valence electrons. The van der Waals surface area contributed by atoms with E-state index in [1.54, 1.807) is 7.11 Å². The third kappa shape index (κ3) is 4.24. The first-order valence-electron chi connectivity index (χ1n) is 9.85. The smallest absolute Gasteiger partial charge is 0.244 e. The average molecular weight is 374 g/mol. The molecule has 7 nitrogen and oxygen atoms in total. The van der Waals surface area contributed by atoms with E-state index in [1.807, 2.05) is 28.9 Å². The summed E-state index contributed by atoms with van der Waals surface area (Å²) < 4.78 is 9.22. The predicted molar refractivity (Wildman–Crippen MR) is 104 cm³/mol. The maximum absolute atomic E-state index is 12.8. The van der Waals surface area contributed by atoms with Crippen molar-refractivity contribution >= 4 is 5.91 Å². The molecule has 0 unspecified atom stereocenters. The maximum atomic E-state index is 12.8. The van der Waals surface area contributed by atoms with Gasteiger partial charge in [-0.1, -0.05) is 6.92 Å². The van der Waals surface area contributed by atoms with Crippen LogP contribution in [-0.4, -0.2) is 56.9 Å². The van der Waals surface area contributed by atoms with Crippen molar-refractivity contribution in [2.24, 2.45) is 0 Å². The van der Waals surface area contributed by atoms with Crippen molar-refractivity contribution in [3.8, 4) is 0 Å². The minimum Gasteiger partial charge on any atom is -0.383 e. The summed E-state index contributed by atoms with van der Waals surface area (Å²) in [5.74, 6) is 1.68. The molecular formula is C20H31N5O2. The van der Waals surface area contributed by atoms with Crippen LogP contribution in [0.1, 0.15) is 48.5 Å². The summed E-state index contributed by atoms with van der Waals surface area (Å²) in [6.07, 6.45) is 6.73. The van der Waals surface area contributed by atoms with Gasteiger partial charge in [-0.05, 0) is 38.7 Å². The molecule has 0 atom stereocenters. The third-order valence-electron chi connectivity index (χ3n) is 5.67. The van der Waals surface area contributed by atoms with E-state index in [0.29, 0.717) is 19.1 Å². The number of piperidine rings is 1. The lowest BCUT2D eigenvalue weighted by Crippen LogP contribution is -2.40. The van der Waals surface area contributed by atoms with E-state index in [4.69, 9.17) is 4.74 Å². The SMILES string of the molecule is CCc1c(C)nn(CC(=O)N2CCC(c3nccn3CCOC)CC2)c1C. The van der Waals surface area contributed by atoms with Crippen LogP contribution in [0, 0.1) is 13.8 Å². The maximum Gasteiger partial charge on any atom is 0.244 e. The zero-order valence-corrected chi connectivity index (χ0v) is 16.9. The highest BCUT2D eigenvalue weighted by Gasteiger charge is 2.27. The number of aryl methyl sites for hydroxylation is 1. The lowest BCUT2D eigenvalue weighted by molar-refractivity contribution is -0.133. The van der Waals surface area contributed by atoms with Crippen molar-refractivity contribution < 1.29 is 9.53 Å². The average Bonchev–Trinajstić information content (AvgIpc) is 3.24. The molecule has 3 rings (SSSR count). The van der Waals surface area contributed by atoms with Gasteiger partial charge in [-0.3, -0.25) is 9.48 Å². The number of hydrogen-bond donors (Lipinski definition) is 0. The fourth-order valence-electron chi connectivity index (χ4n) is 4.07. The molecule has 0 spiro atoms. The minimum atomic E-state index is 0.157. The number of rotatable bonds is 7. The molecule has 1 aliphatic rings. The predicted octanol–water partition coefficient (Wildman–Crippen LogP) is 2.31. The number of aromatic nitrogens is 4. The number of ether oxygens (including phenoxy) is 1. The number of carbonyl (C=O) groups excluding carboxylic acids is 1. The van der Waals surface area contributed by atoms with Gasteiger partial charge in [0, 0.05) is 50.7 Å². The fraction of sp³-hybridized carbons (Fsp3) is 0.650. The zero-order valence-electron chi connectivity index (χ0n) is 16.9. The van der Waals surface area contributed by atoms with Gasteiger partial charge in [-0.15, -0.1) is 0 Å². The van der Waals surface area contributed by atoms with Crippen LogP contribution in [0.15, 0.2) is 12.4 Å². The molecule has 2 aromatic heterocycles. The van der Waals surface area contributed by atoms with Crippen LogP contribution in [0.3, 0.4) is 0 Å². The summed E-state index contributed by atoms with van der Waals surface area (Å²) in [7, 11) is 1.72. The van der Waals surface area contributed by atoms with Crippen LogP contribution in [-0.2, 0) is 29.0 Å². The molecule has 1 amide bonds. The van der Waals surface area contributed by atoms with Crippen molar-refractivity contribution in [2.75, 3.05) is 26.8 Å². The van der Waals surface area contributed by atoms with Gasteiger partial charge in [-0.25, -0.2) is 4.98 Å². The minimum absolute atomic E-state index is 0.157. The van der Waals surface area contributed by atoms with Gasteiger partial charge in [0.2, 0.25) is 5.91 Å². The molecule has 0 aliphatic carbocycles. The number of nitrogens with zero attached hydrogens (tertiary/aromatic N) is 5. The van der Waals surface area contributed by atoms with Gasteiger partial charge in [0.1, 0.15) is 12.4 Å². The number of carbonyl (C=O) groups is 1. The van der Waals surface area contributed by atoms with E-state index in [9.17, 15) is 4.79 Å². The first-order valence-corrected chi connectivity index (χ1v) is 9.85. The molecule has 0 saturated carbocycles. The monoisotopic (exact) mass is 373 g/mol. The van der Waals surface area contributed by atoms with Crippen molar-refractivity contribution in [3.63, 3.8) is 0 Å². The number of methoxy groups -OCH3 is 1. The lowest BCUT2D eigenvalue weighted by Gasteiger charge is -2.32. The second-order valence-electron chi connectivity index (χ2n) is 7.29. The Morgan fingerprint density at radius 3 is 2.67 bits per heavy atom. The van der Waals surface area contributed by atoms with E-state index < -0.39 is 0 Å². The summed E-state index contributed by atoms with van der Waals surface area (Å²) in [5.41, 5.74) is 3.40. The van der Waals surface area contributed by atoms with Crippen LogP contribution in [0.2, 0.25) is 0 Å². The first kappa shape index (κ1) is 19.6. The van der Waals surface area contributed by atoms with E-state index in [1.165, 1.54) is 5.56 Å².